The number of ketones is 1. The Labute approximate surface area is 285 Å². The van der Waals surface area contributed by atoms with Crippen LogP contribution in [0.2, 0.25) is 0 Å². The van der Waals surface area contributed by atoms with Crippen molar-refractivity contribution < 1.29 is 78.2 Å². The summed E-state index contributed by atoms with van der Waals surface area (Å²) in [6.07, 6.45) is -15.0. The summed E-state index contributed by atoms with van der Waals surface area (Å²) in [5, 5.41) is 64.6. The van der Waals surface area contributed by atoms with Crippen LogP contribution in [0.1, 0.15) is 37.0 Å². The molecule has 0 radical (unpaired) electrons. The molecule has 7 rings (SSSR count). The van der Waals surface area contributed by atoms with Gasteiger partial charge in [0.05, 0.1) is 37.9 Å². The van der Waals surface area contributed by atoms with E-state index in [1.165, 1.54) is 12.1 Å². The fraction of sp³-hybridized carbons (Fsp3) is 0.647. The first kappa shape index (κ1) is 34.9. The maximum Gasteiger partial charge on any atom is 0.348 e. The van der Waals surface area contributed by atoms with Crippen LogP contribution in [0.3, 0.4) is 0 Å². The highest BCUT2D eigenvalue weighted by Crippen LogP contribution is 2.73. The largest absolute Gasteiger partial charge is 0.467 e. The van der Waals surface area contributed by atoms with E-state index in [9.17, 15) is 49.8 Å². The van der Waals surface area contributed by atoms with E-state index in [1.54, 1.807) is 32.0 Å². The van der Waals surface area contributed by atoms with Crippen molar-refractivity contribution in [3.8, 4) is 0 Å². The van der Waals surface area contributed by atoms with E-state index in [0.717, 1.165) is 7.11 Å². The predicted molar refractivity (Wildman–Crippen MR) is 161 cm³/mol. The van der Waals surface area contributed by atoms with Gasteiger partial charge in [-0.2, -0.15) is 0 Å². The van der Waals surface area contributed by atoms with E-state index in [0.29, 0.717) is 5.57 Å². The van der Waals surface area contributed by atoms with Crippen molar-refractivity contribution >= 4 is 23.7 Å². The van der Waals surface area contributed by atoms with Gasteiger partial charge in [0.2, 0.25) is 18.0 Å². The molecular formula is C34H40O16. The molecule has 15 atom stereocenters. The summed E-state index contributed by atoms with van der Waals surface area (Å²) in [5.74, 6) is -6.96. The summed E-state index contributed by atoms with van der Waals surface area (Å²) < 4.78 is 34.4. The van der Waals surface area contributed by atoms with Crippen molar-refractivity contribution in [1.82, 2.24) is 0 Å². The van der Waals surface area contributed by atoms with Crippen LogP contribution in [0.25, 0.3) is 0 Å². The Morgan fingerprint density at radius 2 is 1.68 bits per heavy atom. The van der Waals surface area contributed by atoms with Crippen LogP contribution >= 0.6 is 0 Å². The number of aliphatic hydroxyl groups is 6. The fourth-order valence-corrected chi connectivity index (χ4v) is 10.0. The molecule has 50 heavy (non-hydrogen) atoms. The molecule has 1 spiro atoms. The van der Waals surface area contributed by atoms with Gasteiger partial charge in [-0.25, -0.2) is 14.4 Å². The second kappa shape index (κ2) is 12.1. The van der Waals surface area contributed by atoms with Crippen molar-refractivity contribution in [2.24, 2.45) is 28.6 Å². The van der Waals surface area contributed by atoms with Gasteiger partial charge in [0, 0.05) is 17.8 Å². The summed E-state index contributed by atoms with van der Waals surface area (Å²) in [6.45, 7) is 2.28. The van der Waals surface area contributed by atoms with Crippen molar-refractivity contribution in [2.45, 2.75) is 87.4 Å². The van der Waals surface area contributed by atoms with E-state index in [2.05, 4.69) is 0 Å². The number of allylic oxidation sites excluding steroid dienone is 2. The Balaban J connectivity index is 1.31. The molecule has 6 aliphatic rings. The maximum absolute atomic E-state index is 14.0. The highest BCUT2D eigenvalue weighted by Gasteiger charge is 2.85. The van der Waals surface area contributed by atoms with Gasteiger partial charge in [-0.3, -0.25) is 4.79 Å². The number of methoxy groups -OCH3 is 1. The van der Waals surface area contributed by atoms with Gasteiger partial charge in [0.1, 0.15) is 36.6 Å². The molecule has 1 aromatic rings. The van der Waals surface area contributed by atoms with Crippen molar-refractivity contribution in [3.05, 3.63) is 47.2 Å². The zero-order valence-electron chi connectivity index (χ0n) is 27.4. The van der Waals surface area contributed by atoms with Crippen molar-refractivity contribution in [1.29, 1.82) is 0 Å². The summed E-state index contributed by atoms with van der Waals surface area (Å²) in [7, 11) is 1.06. The lowest BCUT2D eigenvalue weighted by Gasteiger charge is -2.67. The summed E-state index contributed by atoms with van der Waals surface area (Å²) in [6, 6.07) is 7.81. The normalized spacial score (nSPS) is 46.3. The first-order chi connectivity index (χ1) is 23.7. The zero-order valence-corrected chi connectivity index (χ0v) is 27.4. The minimum Gasteiger partial charge on any atom is -0.467 e. The molecular weight excluding hydrogens is 664 g/mol. The second-order valence-corrected chi connectivity index (χ2v) is 14.4. The highest BCUT2D eigenvalue weighted by atomic mass is 16.7. The van der Waals surface area contributed by atoms with Crippen LogP contribution < -0.4 is 0 Å². The van der Waals surface area contributed by atoms with Gasteiger partial charge in [-0.05, 0) is 42.4 Å². The van der Waals surface area contributed by atoms with Gasteiger partial charge in [-0.15, -0.1) is 0 Å². The number of hydrogen-bond acceptors (Lipinski definition) is 16. The minimum atomic E-state index is -2.34. The third-order valence-electron chi connectivity index (χ3n) is 12.1. The van der Waals surface area contributed by atoms with E-state index < -0.39 is 120 Å². The molecule has 0 aromatic heterocycles. The smallest absolute Gasteiger partial charge is 0.348 e. The predicted octanol–water partition coefficient (Wildman–Crippen LogP) is -1.88. The van der Waals surface area contributed by atoms with Gasteiger partial charge in [-0.1, -0.05) is 25.1 Å². The summed E-state index contributed by atoms with van der Waals surface area (Å²) >= 11 is 0. The van der Waals surface area contributed by atoms with Gasteiger partial charge in [0.15, 0.2) is 11.5 Å². The molecule has 3 aliphatic carbocycles. The van der Waals surface area contributed by atoms with E-state index in [1.807, 2.05) is 0 Å². The molecule has 0 unspecified atom stereocenters. The lowest BCUT2D eigenvalue weighted by Crippen LogP contribution is -2.79. The van der Waals surface area contributed by atoms with E-state index in [-0.39, 0.29) is 30.8 Å². The first-order valence-electron chi connectivity index (χ1n) is 16.4. The molecule has 3 heterocycles. The van der Waals surface area contributed by atoms with Gasteiger partial charge < -0.3 is 59.1 Å². The molecule has 1 aromatic carbocycles. The number of aliphatic hydroxyl groups excluding tert-OH is 6. The molecule has 3 saturated heterocycles. The molecule has 2 saturated carbocycles. The van der Waals surface area contributed by atoms with Crippen LogP contribution in [-0.2, 0) is 42.8 Å². The van der Waals surface area contributed by atoms with Crippen LogP contribution in [0.5, 0.6) is 0 Å². The summed E-state index contributed by atoms with van der Waals surface area (Å²) in [5.41, 5.74) is -4.56. The third kappa shape index (κ3) is 4.52. The Morgan fingerprint density at radius 3 is 2.34 bits per heavy atom. The summed E-state index contributed by atoms with van der Waals surface area (Å²) in [4.78, 5) is 54.8. The molecule has 3 aliphatic heterocycles. The van der Waals surface area contributed by atoms with Crippen LogP contribution in [0.4, 0.5) is 0 Å². The Morgan fingerprint density at radius 1 is 0.980 bits per heavy atom. The fourth-order valence-electron chi connectivity index (χ4n) is 10.0. The highest BCUT2D eigenvalue weighted by molar-refractivity contribution is 5.96. The maximum atomic E-state index is 14.0. The molecule has 0 amide bonds. The van der Waals surface area contributed by atoms with Gasteiger partial charge >= 0.3 is 17.9 Å². The quantitative estimate of drug-likeness (QED) is 0.140. The van der Waals surface area contributed by atoms with Crippen molar-refractivity contribution in [3.63, 3.8) is 0 Å². The number of hydrogen-bond donors (Lipinski definition) is 6. The third-order valence-corrected chi connectivity index (χ3v) is 12.1. The number of rotatable bonds is 6. The van der Waals surface area contributed by atoms with Crippen LogP contribution in [0.15, 0.2) is 41.7 Å². The minimum absolute atomic E-state index is 0.0265. The molecule has 272 valence electrons. The number of Topliss-reactive ketones (excluding diaryl/α,β-unsaturated/α-hetero) is 1. The van der Waals surface area contributed by atoms with Gasteiger partial charge in [0.25, 0.3) is 0 Å². The Hall–Kier alpha value is -3.48. The average molecular weight is 705 g/mol. The number of fused-ring (bicyclic) bond motifs is 2. The number of carbonyl (C=O) groups is 4. The van der Waals surface area contributed by atoms with Crippen molar-refractivity contribution in [2.75, 3.05) is 20.3 Å². The Bertz CT molecular complexity index is 1610. The average Bonchev–Trinajstić information content (AvgIpc) is 3.41. The number of carbonyl (C=O) groups excluding carboxylic acids is 4. The lowest BCUT2D eigenvalue weighted by atomic mass is 9.38. The van der Waals surface area contributed by atoms with E-state index in [4.69, 9.17) is 28.4 Å². The standard InChI is InChI=1S/C34H40O16/c1-13-15-9-18-33-12-46-34(31(44)45-3,26(33)24(29(43)48-18)49-28(42)14-7-5-4-6-8-14)27(41)22(40)25(33)32(15,2)10-16(36)23(13)50-30-21(39)20(38)19(37)17(11-35)47-30/h4-8,15,17-22,24-27,30,35,37-41H,9-12H2,1-3H3/t15-,17-,18+,19-,20+,21-,22+,24+,25+,26+,27-,30+,32-,33+,34-/m0/s1. The van der Waals surface area contributed by atoms with Crippen LogP contribution in [0, 0.1) is 28.6 Å². The lowest BCUT2D eigenvalue weighted by molar-refractivity contribution is -0.295. The Kier molecular flexibility index (Phi) is 8.42. The number of esters is 3. The molecule has 5 fully saturated rings. The second-order valence-electron chi connectivity index (χ2n) is 14.4. The topological polar surface area (TPSA) is 245 Å². The molecule has 2 bridgehead atoms. The number of benzene rings is 1. The zero-order chi connectivity index (χ0) is 36.1. The molecule has 16 heteroatoms. The number of ether oxygens (including phenoxy) is 6. The van der Waals surface area contributed by atoms with E-state index >= 15 is 0 Å². The first-order valence-corrected chi connectivity index (χ1v) is 16.4. The van der Waals surface area contributed by atoms with Crippen LogP contribution in [-0.4, -0.2) is 135 Å². The monoisotopic (exact) mass is 704 g/mol. The molecule has 6 N–H and O–H groups in total. The molecule has 16 nitrogen and oxygen atoms in total. The SMILES string of the molecule is COC(=O)[C@@]12OC[C@]34[C@H]([C@@H](O)[C@@H]1O)[C@@]1(C)CC(=O)C(O[C@H]5O[C@@H](CO)[C@H](O)[C@@H](O)[C@@H]5O)=C(C)[C@@H]1C[C@H]3OC(=O)[C@H](OC(=O)c1ccccc1)[C@@H]24.